The fourth-order valence-corrected chi connectivity index (χ4v) is 5.27. The Morgan fingerprint density at radius 3 is 2.79 bits per heavy atom. The van der Waals surface area contributed by atoms with Gasteiger partial charge in [-0.1, -0.05) is 27.2 Å². The highest BCUT2D eigenvalue weighted by Gasteiger charge is 2.37. The van der Waals surface area contributed by atoms with E-state index in [1.165, 1.54) is 63.2 Å². The van der Waals surface area contributed by atoms with Crippen LogP contribution in [0.15, 0.2) is 0 Å². The van der Waals surface area contributed by atoms with Crippen LogP contribution in [0, 0.1) is 5.41 Å². The second kappa shape index (κ2) is 7.33. The summed E-state index contributed by atoms with van der Waals surface area (Å²) in [5.74, 6) is 2.69. The summed E-state index contributed by atoms with van der Waals surface area (Å²) in [7, 11) is 0. The summed E-state index contributed by atoms with van der Waals surface area (Å²) < 4.78 is 0. The monoisotopic (exact) mass is 284 g/mol. The third-order valence-corrected chi connectivity index (χ3v) is 5.93. The predicted octanol–water partition coefficient (Wildman–Crippen LogP) is 3.37. The topological polar surface area (TPSA) is 15.3 Å². The molecule has 0 bridgehead atoms. The molecule has 0 amide bonds. The van der Waals surface area contributed by atoms with E-state index < -0.39 is 0 Å². The lowest BCUT2D eigenvalue weighted by Crippen LogP contribution is -2.54. The highest BCUT2D eigenvalue weighted by Crippen LogP contribution is 2.37. The molecule has 2 fully saturated rings. The van der Waals surface area contributed by atoms with Crippen LogP contribution in [0.1, 0.15) is 52.9 Å². The first-order valence-electron chi connectivity index (χ1n) is 8.18. The summed E-state index contributed by atoms with van der Waals surface area (Å²) in [4.78, 5) is 2.80. The zero-order valence-electron chi connectivity index (χ0n) is 13.1. The molecule has 2 aliphatic heterocycles. The summed E-state index contributed by atoms with van der Waals surface area (Å²) in [6, 6.07) is 1.51. The molecule has 0 aromatic carbocycles. The molecule has 2 saturated heterocycles. The molecule has 2 unspecified atom stereocenters. The van der Waals surface area contributed by atoms with Gasteiger partial charge in [-0.3, -0.25) is 4.90 Å². The zero-order valence-corrected chi connectivity index (χ0v) is 13.9. The van der Waals surface area contributed by atoms with Crippen LogP contribution in [0.2, 0.25) is 0 Å². The lowest BCUT2D eigenvalue weighted by atomic mass is 9.81. The normalized spacial score (nSPS) is 31.6. The molecule has 3 heteroatoms. The Kier molecular flexibility index (Phi) is 6.04. The number of rotatable bonds is 5. The molecule has 0 aromatic rings. The van der Waals surface area contributed by atoms with Crippen LogP contribution >= 0.6 is 11.8 Å². The van der Waals surface area contributed by atoms with Crippen molar-refractivity contribution in [2.75, 3.05) is 31.1 Å². The SMILES string of the molecule is CCCN(CC1CCCCN1)C1CSCCC1(C)C. The Morgan fingerprint density at radius 1 is 1.32 bits per heavy atom. The fourth-order valence-electron chi connectivity index (χ4n) is 3.55. The maximum absolute atomic E-state index is 3.73. The molecule has 0 saturated carbocycles. The second-order valence-electron chi connectivity index (χ2n) is 6.97. The second-order valence-corrected chi connectivity index (χ2v) is 8.12. The van der Waals surface area contributed by atoms with Gasteiger partial charge in [-0.2, -0.15) is 11.8 Å². The highest BCUT2D eigenvalue weighted by molar-refractivity contribution is 7.99. The number of hydrogen-bond acceptors (Lipinski definition) is 3. The van der Waals surface area contributed by atoms with Crippen LogP contribution in [-0.2, 0) is 0 Å². The van der Waals surface area contributed by atoms with E-state index in [1.54, 1.807) is 0 Å². The van der Waals surface area contributed by atoms with Gasteiger partial charge in [0, 0.05) is 24.4 Å². The van der Waals surface area contributed by atoms with E-state index in [1.807, 2.05) is 0 Å². The number of nitrogens with one attached hydrogen (secondary N) is 1. The Balaban J connectivity index is 1.96. The van der Waals surface area contributed by atoms with Crippen LogP contribution in [0.5, 0.6) is 0 Å². The van der Waals surface area contributed by atoms with Crippen LogP contribution in [-0.4, -0.2) is 48.1 Å². The lowest BCUT2D eigenvalue weighted by Gasteiger charge is -2.46. The van der Waals surface area contributed by atoms with E-state index >= 15 is 0 Å². The van der Waals surface area contributed by atoms with Gasteiger partial charge >= 0.3 is 0 Å². The van der Waals surface area contributed by atoms with Crippen molar-refractivity contribution in [2.45, 2.75) is 65.0 Å². The molecule has 2 aliphatic rings. The third kappa shape index (κ3) is 4.37. The molecular weight excluding hydrogens is 252 g/mol. The van der Waals surface area contributed by atoms with Gasteiger partial charge in [-0.05, 0) is 49.9 Å². The van der Waals surface area contributed by atoms with Gasteiger partial charge in [0.15, 0.2) is 0 Å². The van der Waals surface area contributed by atoms with E-state index in [9.17, 15) is 0 Å². The maximum Gasteiger partial charge on any atom is 0.0238 e. The van der Waals surface area contributed by atoms with Crippen molar-refractivity contribution >= 4 is 11.8 Å². The van der Waals surface area contributed by atoms with Crippen molar-refractivity contribution in [3.05, 3.63) is 0 Å². The predicted molar refractivity (Wildman–Crippen MR) is 87.0 cm³/mol. The maximum atomic E-state index is 3.73. The van der Waals surface area contributed by atoms with Crippen molar-refractivity contribution in [1.29, 1.82) is 0 Å². The summed E-state index contributed by atoms with van der Waals surface area (Å²) >= 11 is 2.16. The summed E-state index contributed by atoms with van der Waals surface area (Å²) in [6.45, 7) is 11.1. The third-order valence-electron chi connectivity index (χ3n) is 4.89. The molecule has 2 nitrogen and oxygen atoms in total. The summed E-state index contributed by atoms with van der Waals surface area (Å²) in [5, 5.41) is 3.73. The summed E-state index contributed by atoms with van der Waals surface area (Å²) in [6.07, 6.45) is 6.82. The minimum absolute atomic E-state index is 0.495. The van der Waals surface area contributed by atoms with Crippen molar-refractivity contribution in [3.63, 3.8) is 0 Å². The number of hydrogen-bond donors (Lipinski definition) is 1. The first-order valence-corrected chi connectivity index (χ1v) is 9.34. The van der Waals surface area contributed by atoms with Gasteiger partial charge in [-0.15, -0.1) is 0 Å². The van der Waals surface area contributed by atoms with Crippen LogP contribution in [0.3, 0.4) is 0 Å². The van der Waals surface area contributed by atoms with Crippen LogP contribution < -0.4 is 5.32 Å². The highest BCUT2D eigenvalue weighted by atomic mass is 32.2. The molecule has 1 N–H and O–H groups in total. The quantitative estimate of drug-likeness (QED) is 0.833. The van der Waals surface area contributed by atoms with Crippen LogP contribution in [0.25, 0.3) is 0 Å². The van der Waals surface area contributed by atoms with Crippen molar-refractivity contribution < 1.29 is 0 Å². The van der Waals surface area contributed by atoms with Gasteiger partial charge in [0.1, 0.15) is 0 Å². The fraction of sp³-hybridized carbons (Fsp3) is 1.00. The molecule has 0 aliphatic carbocycles. The molecular formula is C16H32N2S. The van der Waals surface area contributed by atoms with E-state index in [0.29, 0.717) is 5.41 Å². The standard InChI is InChI=1S/C16H32N2S/c1-4-10-18(12-14-7-5-6-9-17-14)15-13-19-11-8-16(15,2)3/h14-15,17H,4-13H2,1-3H3. The molecule has 2 atom stereocenters. The molecule has 0 radical (unpaired) electrons. The van der Waals surface area contributed by atoms with Crippen LogP contribution in [0.4, 0.5) is 0 Å². The molecule has 2 rings (SSSR count). The first-order chi connectivity index (χ1) is 9.13. The van der Waals surface area contributed by atoms with E-state index in [4.69, 9.17) is 0 Å². The molecule has 0 aromatic heterocycles. The molecule has 112 valence electrons. The Labute approximate surface area is 124 Å². The van der Waals surface area contributed by atoms with Gasteiger partial charge in [0.2, 0.25) is 0 Å². The van der Waals surface area contributed by atoms with E-state index in [2.05, 4.69) is 42.7 Å². The van der Waals surface area contributed by atoms with Crippen molar-refractivity contribution in [1.82, 2.24) is 10.2 Å². The number of nitrogens with zero attached hydrogens (tertiary/aromatic N) is 1. The van der Waals surface area contributed by atoms with Gasteiger partial charge in [0.25, 0.3) is 0 Å². The molecule has 2 heterocycles. The van der Waals surface area contributed by atoms with Gasteiger partial charge < -0.3 is 5.32 Å². The van der Waals surface area contributed by atoms with Gasteiger partial charge in [-0.25, -0.2) is 0 Å². The van der Waals surface area contributed by atoms with E-state index in [-0.39, 0.29) is 0 Å². The average molecular weight is 285 g/mol. The van der Waals surface area contributed by atoms with Gasteiger partial charge in [0.05, 0.1) is 0 Å². The van der Waals surface area contributed by atoms with Crippen molar-refractivity contribution in [3.8, 4) is 0 Å². The zero-order chi connectivity index (χ0) is 13.7. The molecule has 19 heavy (non-hydrogen) atoms. The molecule has 0 spiro atoms. The Bertz CT molecular complexity index is 261. The Morgan fingerprint density at radius 2 is 2.16 bits per heavy atom. The minimum Gasteiger partial charge on any atom is -0.313 e. The lowest BCUT2D eigenvalue weighted by molar-refractivity contribution is 0.0835. The summed E-state index contributed by atoms with van der Waals surface area (Å²) in [5.41, 5.74) is 0.495. The largest absolute Gasteiger partial charge is 0.313 e. The number of piperidine rings is 1. The van der Waals surface area contributed by atoms with E-state index in [0.717, 1.165) is 12.1 Å². The number of thioether (sulfide) groups is 1. The Hall–Kier alpha value is 0.270. The van der Waals surface area contributed by atoms with Crippen molar-refractivity contribution in [2.24, 2.45) is 5.41 Å². The minimum atomic E-state index is 0.495. The average Bonchev–Trinajstić information content (AvgIpc) is 2.39. The smallest absolute Gasteiger partial charge is 0.0238 e. The first kappa shape index (κ1) is 15.7.